The highest BCUT2D eigenvalue weighted by molar-refractivity contribution is 5.94. The number of likely N-dealkylation sites (tertiary alicyclic amines) is 1. The summed E-state index contributed by atoms with van der Waals surface area (Å²) in [5.41, 5.74) is 1.02. The predicted octanol–water partition coefficient (Wildman–Crippen LogP) is 1.94. The van der Waals surface area contributed by atoms with Gasteiger partial charge in [0.15, 0.2) is 6.54 Å². The van der Waals surface area contributed by atoms with E-state index >= 15 is 0 Å². The van der Waals surface area contributed by atoms with E-state index in [9.17, 15) is 14.9 Å². The third kappa shape index (κ3) is 3.75. The number of hydrogen-bond acceptors (Lipinski definition) is 3. The van der Waals surface area contributed by atoms with Gasteiger partial charge in [0, 0.05) is 12.0 Å². The molecule has 1 saturated heterocycles. The number of piperidine rings is 1. The number of anilines is 1. The SMILES string of the molecule is Cc1cccc([N+](=O)[O-])c1NC(=O)C[NH+]1CC[C@@H]2CCCC[C@@H]2C1. The normalized spacial score (nSPS) is 26.5. The van der Waals surface area contributed by atoms with Crippen LogP contribution in [0.2, 0.25) is 0 Å². The van der Waals surface area contributed by atoms with Crippen molar-refractivity contribution in [1.29, 1.82) is 0 Å². The number of carbonyl (C=O) groups excluding carboxylic acids is 1. The number of quaternary nitrogens is 1. The molecule has 130 valence electrons. The number of nitrogens with one attached hydrogen (secondary N) is 2. The van der Waals surface area contributed by atoms with Crippen LogP contribution in [-0.4, -0.2) is 30.5 Å². The van der Waals surface area contributed by atoms with Crippen molar-refractivity contribution in [3.05, 3.63) is 33.9 Å². The Morgan fingerprint density at radius 2 is 2.04 bits per heavy atom. The first kappa shape index (κ1) is 16.9. The third-order valence-electron chi connectivity index (χ3n) is 5.61. The number of carbonyl (C=O) groups is 1. The van der Waals surface area contributed by atoms with Gasteiger partial charge in [-0.05, 0) is 37.7 Å². The van der Waals surface area contributed by atoms with Crippen LogP contribution in [0.3, 0.4) is 0 Å². The minimum Gasteiger partial charge on any atom is -0.327 e. The van der Waals surface area contributed by atoms with Gasteiger partial charge in [0.05, 0.1) is 18.0 Å². The fourth-order valence-corrected chi connectivity index (χ4v) is 4.33. The Labute approximate surface area is 142 Å². The summed E-state index contributed by atoms with van der Waals surface area (Å²) in [6.45, 7) is 4.27. The summed E-state index contributed by atoms with van der Waals surface area (Å²) < 4.78 is 0. The number of fused-ring (bicyclic) bond motifs is 1. The van der Waals surface area contributed by atoms with E-state index in [0.717, 1.165) is 30.5 Å². The molecule has 6 heteroatoms. The number of aryl methyl sites for hydroxylation is 1. The molecule has 1 unspecified atom stereocenters. The molecule has 1 amide bonds. The monoisotopic (exact) mass is 332 g/mol. The highest BCUT2D eigenvalue weighted by Crippen LogP contribution is 2.32. The van der Waals surface area contributed by atoms with Crippen LogP contribution < -0.4 is 10.2 Å². The molecule has 2 fully saturated rings. The Bertz CT molecular complexity index is 632. The topological polar surface area (TPSA) is 76.7 Å². The summed E-state index contributed by atoms with van der Waals surface area (Å²) in [5, 5.41) is 13.9. The van der Waals surface area contributed by atoms with Crippen LogP contribution in [0, 0.1) is 28.9 Å². The van der Waals surface area contributed by atoms with Crippen molar-refractivity contribution in [2.75, 3.05) is 25.0 Å². The second-order valence-electron chi connectivity index (χ2n) is 7.25. The minimum absolute atomic E-state index is 0.0376. The molecule has 0 spiro atoms. The lowest BCUT2D eigenvalue weighted by Crippen LogP contribution is -3.15. The van der Waals surface area contributed by atoms with E-state index in [1.807, 2.05) is 0 Å². The maximum absolute atomic E-state index is 12.4. The Hall–Kier alpha value is -1.95. The lowest BCUT2D eigenvalue weighted by atomic mass is 9.75. The van der Waals surface area contributed by atoms with Crippen molar-refractivity contribution in [2.45, 2.75) is 39.0 Å². The fraction of sp³-hybridized carbons (Fsp3) is 0.611. The highest BCUT2D eigenvalue weighted by Gasteiger charge is 2.34. The molecule has 3 rings (SSSR count). The number of hydrogen-bond donors (Lipinski definition) is 2. The molecule has 6 nitrogen and oxygen atoms in total. The first-order valence-electron chi connectivity index (χ1n) is 8.92. The smallest absolute Gasteiger partial charge is 0.293 e. The molecular weight excluding hydrogens is 306 g/mol. The molecule has 1 saturated carbocycles. The largest absolute Gasteiger partial charge is 0.327 e. The third-order valence-corrected chi connectivity index (χ3v) is 5.61. The van der Waals surface area contributed by atoms with Gasteiger partial charge in [0.2, 0.25) is 0 Å². The average Bonchev–Trinajstić information content (AvgIpc) is 2.56. The van der Waals surface area contributed by atoms with Gasteiger partial charge in [0.25, 0.3) is 11.6 Å². The predicted molar refractivity (Wildman–Crippen MR) is 92.1 cm³/mol. The number of nitro benzene ring substituents is 1. The Morgan fingerprint density at radius 1 is 1.29 bits per heavy atom. The quantitative estimate of drug-likeness (QED) is 0.653. The standard InChI is InChI=1S/C18H25N3O3/c1-13-5-4-8-16(21(23)24)18(13)19-17(22)12-20-10-9-14-6-2-3-7-15(14)11-20/h4-5,8,14-15H,2-3,6-7,9-12H2,1H3,(H,19,22)/p+1/t14-,15+/m0/s1. The Balaban J connectivity index is 1.61. The van der Waals surface area contributed by atoms with Crippen LogP contribution in [0.15, 0.2) is 18.2 Å². The number of nitro groups is 1. The molecule has 2 N–H and O–H groups in total. The van der Waals surface area contributed by atoms with Crippen LogP contribution in [0.4, 0.5) is 11.4 Å². The summed E-state index contributed by atoms with van der Waals surface area (Å²) in [5.74, 6) is 1.47. The van der Waals surface area contributed by atoms with Crippen LogP contribution in [0.25, 0.3) is 0 Å². The second kappa shape index (κ2) is 7.30. The molecule has 1 aliphatic heterocycles. The summed E-state index contributed by atoms with van der Waals surface area (Å²) in [7, 11) is 0. The lowest BCUT2D eigenvalue weighted by Gasteiger charge is -2.38. The van der Waals surface area contributed by atoms with E-state index < -0.39 is 4.92 Å². The first-order chi connectivity index (χ1) is 11.5. The van der Waals surface area contributed by atoms with Gasteiger partial charge in [-0.2, -0.15) is 0 Å². The molecule has 0 bridgehead atoms. The Kier molecular flexibility index (Phi) is 5.14. The van der Waals surface area contributed by atoms with E-state index in [1.165, 1.54) is 43.1 Å². The maximum atomic E-state index is 12.4. The van der Waals surface area contributed by atoms with Gasteiger partial charge < -0.3 is 10.2 Å². The van der Waals surface area contributed by atoms with E-state index in [0.29, 0.717) is 12.2 Å². The first-order valence-corrected chi connectivity index (χ1v) is 8.92. The van der Waals surface area contributed by atoms with Crippen molar-refractivity contribution < 1.29 is 14.6 Å². The number of benzene rings is 1. The van der Waals surface area contributed by atoms with Gasteiger partial charge in [-0.25, -0.2) is 0 Å². The molecule has 1 aromatic carbocycles. The summed E-state index contributed by atoms with van der Waals surface area (Å²) in [6.07, 6.45) is 6.51. The molecule has 0 aromatic heterocycles. The van der Waals surface area contributed by atoms with Gasteiger partial charge in [-0.15, -0.1) is 0 Å². The van der Waals surface area contributed by atoms with Gasteiger partial charge in [0.1, 0.15) is 5.69 Å². The average molecular weight is 332 g/mol. The second-order valence-corrected chi connectivity index (χ2v) is 7.25. The highest BCUT2D eigenvalue weighted by atomic mass is 16.6. The Morgan fingerprint density at radius 3 is 2.79 bits per heavy atom. The molecule has 24 heavy (non-hydrogen) atoms. The van der Waals surface area contributed by atoms with Crippen LogP contribution in [0.5, 0.6) is 0 Å². The van der Waals surface area contributed by atoms with Gasteiger partial charge >= 0.3 is 0 Å². The van der Waals surface area contributed by atoms with E-state index in [-0.39, 0.29) is 11.6 Å². The molecule has 1 aliphatic carbocycles. The van der Waals surface area contributed by atoms with Gasteiger partial charge in [-0.1, -0.05) is 25.0 Å². The van der Waals surface area contributed by atoms with Crippen molar-refractivity contribution >= 4 is 17.3 Å². The van der Waals surface area contributed by atoms with Crippen LogP contribution in [0.1, 0.15) is 37.7 Å². The van der Waals surface area contributed by atoms with Gasteiger partial charge in [-0.3, -0.25) is 14.9 Å². The number of rotatable bonds is 4. The maximum Gasteiger partial charge on any atom is 0.293 e. The van der Waals surface area contributed by atoms with Crippen molar-refractivity contribution in [1.82, 2.24) is 0 Å². The van der Waals surface area contributed by atoms with Crippen LogP contribution >= 0.6 is 0 Å². The minimum atomic E-state index is -0.441. The van der Waals surface area contributed by atoms with E-state index in [1.54, 1.807) is 19.1 Å². The molecule has 2 aliphatic rings. The van der Waals surface area contributed by atoms with E-state index in [4.69, 9.17) is 0 Å². The summed E-state index contributed by atoms with van der Waals surface area (Å²) >= 11 is 0. The zero-order valence-electron chi connectivity index (χ0n) is 14.2. The zero-order valence-corrected chi connectivity index (χ0v) is 14.2. The summed E-state index contributed by atoms with van der Waals surface area (Å²) in [4.78, 5) is 24.4. The van der Waals surface area contributed by atoms with Crippen molar-refractivity contribution in [2.24, 2.45) is 11.8 Å². The van der Waals surface area contributed by atoms with Crippen molar-refractivity contribution in [3.8, 4) is 0 Å². The lowest BCUT2D eigenvalue weighted by molar-refractivity contribution is -0.902. The van der Waals surface area contributed by atoms with Crippen molar-refractivity contribution in [3.63, 3.8) is 0 Å². The molecule has 3 atom stereocenters. The zero-order chi connectivity index (χ0) is 17.1. The number of para-hydroxylation sites is 1. The number of amides is 1. The van der Waals surface area contributed by atoms with E-state index in [2.05, 4.69) is 5.32 Å². The molecule has 1 aromatic rings. The molecule has 1 heterocycles. The fourth-order valence-electron chi connectivity index (χ4n) is 4.33. The molecule has 0 radical (unpaired) electrons. The molecular formula is C18H26N3O3+. The number of nitrogens with zero attached hydrogens (tertiary/aromatic N) is 1. The summed E-state index contributed by atoms with van der Waals surface area (Å²) in [6, 6.07) is 4.86. The van der Waals surface area contributed by atoms with Crippen LogP contribution in [-0.2, 0) is 4.79 Å².